The Balaban J connectivity index is 2.30. The number of hydrogen-bond acceptors (Lipinski definition) is 9. The molecule has 1 aromatic carbocycles. The van der Waals surface area contributed by atoms with Gasteiger partial charge in [-0.25, -0.2) is 0 Å². The number of esters is 3. The van der Waals surface area contributed by atoms with E-state index in [2.05, 4.69) is 0 Å². The number of ether oxygens (including phenoxy) is 5. The van der Waals surface area contributed by atoms with Crippen LogP contribution in [0.15, 0.2) is 30.3 Å². The van der Waals surface area contributed by atoms with Gasteiger partial charge in [0.05, 0.1) is 0 Å². The van der Waals surface area contributed by atoms with Crippen molar-refractivity contribution in [2.45, 2.75) is 51.5 Å². The van der Waals surface area contributed by atoms with E-state index in [-0.39, 0.29) is 6.61 Å². The fourth-order valence-electron chi connectivity index (χ4n) is 2.67. The smallest absolute Gasteiger partial charge is 0.303 e. The largest absolute Gasteiger partial charge is 0.481 e. The van der Waals surface area contributed by atoms with Crippen molar-refractivity contribution < 1.29 is 43.2 Å². The molecule has 0 saturated carbocycles. The van der Waals surface area contributed by atoms with Crippen molar-refractivity contribution in [3.63, 3.8) is 0 Å². The third-order valence-electron chi connectivity index (χ3n) is 3.68. The molecule has 1 fully saturated rings. The fourth-order valence-corrected chi connectivity index (χ4v) is 2.67. The number of rotatable bonds is 6. The predicted octanol–water partition coefficient (Wildman–Crippen LogP) is 0.578. The van der Waals surface area contributed by atoms with Gasteiger partial charge < -0.3 is 28.8 Å². The highest BCUT2D eigenvalue weighted by molar-refractivity contribution is 5.68. The molecule has 27 heavy (non-hydrogen) atoms. The van der Waals surface area contributed by atoms with E-state index in [1.807, 2.05) is 0 Å². The summed E-state index contributed by atoms with van der Waals surface area (Å²) >= 11 is 0. The first-order valence-corrected chi connectivity index (χ1v) is 8.31. The molecule has 0 bridgehead atoms. The maximum absolute atomic E-state index is 11.6. The van der Waals surface area contributed by atoms with Crippen LogP contribution in [-0.4, -0.2) is 60.3 Å². The first-order valence-electron chi connectivity index (χ1n) is 8.31. The minimum absolute atomic E-state index is 0.305. The second kappa shape index (κ2) is 9.33. The number of hydrogen-bond donors (Lipinski definition) is 1. The van der Waals surface area contributed by atoms with Gasteiger partial charge >= 0.3 is 17.9 Å². The molecule has 2 unspecified atom stereocenters. The molecule has 1 aliphatic rings. The van der Waals surface area contributed by atoms with Gasteiger partial charge in [-0.2, -0.15) is 0 Å². The summed E-state index contributed by atoms with van der Waals surface area (Å²) in [6.45, 7) is 3.24. The third-order valence-corrected chi connectivity index (χ3v) is 3.68. The molecule has 0 aliphatic carbocycles. The summed E-state index contributed by atoms with van der Waals surface area (Å²) < 4.78 is 26.6. The SMILES string of the molecule is CC(=O)OCC1O[C@H](O)C(Oc2ccccc2)[C@@H](OC(C)=O)[C@H]1OC(C)=O. The first kappa shape index (κ1) is 20.7. The molecule has 148 valence electrons. The van der Waals surface area contributed by atoms with Crippen LogP contribution in [0.5, 0.6) is 5.75 Å². The van der Waals surface area contributed by atoms with Crippen molar-refractivity contribution in [3.8, 4) is 5.75 Å². The normalized spacial score (nSPS) is 27.3. The molecule has 1 N–H and O–H groups in total. The minimum Gasteiger partial charge on any atom is -0.481 e. The van der Waals surface area contributed by atoms with Gasteiger partial charge in [0.15, 0.2) is 24.6 Å². The Morgan fingerprint density at radius 1 is 0.926 bits per heavy atom. The molecule has 0 aromatic heterocycles. The molecular formula is C18H22O9. The van der Waals surface area contributed by atoms with Crippen molar-refractivity contribution in [3.05, 3.63) is 30.3 Å². The van der Waals surface area contributed by atoms with Gasteiger partial charge in [-0.05, 0) is 12.1 Å². The molecule has 0 spiro atoms. The number of carbonyl (C=O) groups excluding carboxylic acids is 3. The Labute approximate surface area is 156 Å². The predicted molar refractivity (Wildman–Crippen MR) is 89.5 cm³/mol. The maximum Gasteiger partial charge on any atom is 0.303 e. The lowest BCUT2D eigenvalue weighted by atomic mass is 9.98. The maximum atomic E-state index is 11.6. The van der Waals surface area contributed by atoms with E-state index in [0.717, 1.165) is 0 Å². The quantitative estimate of drug-likeness (QED) is 0.557. The van der Waals surface area contributed by atoms with Crippen molar-refractivity contribution in [2.24, 2.45) is 0 Å². The summed E-state index contributed by atoms with van der Waals surface area (Å²) in [6, 6.07) is 8.51. The van der Waals surface area contributed by atoms with Crippen molar-refractivity contribution in [1.29, 1.82) is 0 Å². The molecule has 2 rings (SSSR count). The van der Waals surface area contributed by atoms with Gasteiger partial charge in [-0.15, -0.1) is 0 Å². The number of para-hydroxylation sites is 1. The Bertz CT molecular complexity index is 660. The molecule has 0 radical (unpaired) electrons. The highest BCUT2D eigenvalue weighted by Crippen LogP contribution is 2.29. The van der Waals surface area contributed by atoms with Crippen molar-refractivity contribution >= 4 is 17.9 Å². The molecule has 0 amide bonds. The lowest BCUT2D eigenvalue weighted by Gasteiger charge is -2.43. The Morgan fingerprint density at radius 3 is 2.07 bits per heavy atom. The molecule has 9 nitrogen and oxygen atoms in total. The van der Waals surface area contributed by atoms with Crippen LogP contribution in [0.4, 0.5) is 0 Å². The van der Waals surface area contributed by atoms with Gasteiger partial charge in [0.25, 0.3) is 0 Å². The number of aliphatic hydroxyl groups excluding tert-OH is 1. The summed E-state index contributed by atoms with van der Waals surface area (Å²) in [4.78, 5) is 34.2. The zero-order valence-electron chi connectivity index (χ0n) is 15.2. The number of carbonyl (C=O) groups is 3. The molecule has 1 aromatic rings. The Hall–Kier alpha value is -2.65. The highest BCUT2D eigenvalue weighted by Gasteiger charge is 2.51. The van der Waals surface area contributed by atoms with Crippen LogP contribution < -0.4 is 4.74 Å². The summed E-state index contributed by atoms with van der Waals surface area (Å²) in [6.07, 6.45) is -6.08. The molecule has 1 aliphatic heterocycles. The highest BCUT2D eigenvalue weighted by atomic mass is 16.7. The summed E-state index contributed by atoms with van der Waals surface area (Å²) in [5, 5.41) is 10.4. The van der Waals surface area contributed by atoms with Crippen LogP contribution in [0.1, 0.15) is 20.8 Å². The average Bonchev–Trinajstić information content (AvgIpc) is 2.59. The van der Waals surface area contributed by atoms with E-state index in [1.54, 1.807) is 30.3 Å². The topological polar surface area (TPSA) is 118 Å². The first-order chi connectivity index (χ1) is 12.8. The Kier molecular flexibility index (Phi) is 7.14. The van der Waals surface area contributed by atoms with E-state index < -0.39 is 48.6 Å². The zero-order valence-corrected chi connectivity index (χ0v) is 15.2. The van der Waals surface area contributed by atoms with Gasteiger partial charge in [0.1, 0.15) is 18.5 Å². The van der Waals surface area contributed by atoms with Crippen LogP contribution in [0.2, 0.25) is 0 Å². The molecule has 1 heterocycles. The summed E-state index contributed by atoms with van der Waals surface area (Å²) in [5.74, 6) is -1.52. The van der Waals surface area contributed by atoms with Gasteiger partial charge in [-0.3, -0.25) is 14.4 Å². The van der Waals surface area contributed by atoms with E-state index in [4.69, 9.17) is 23.7 Å². The van der Waals surface area contributed by atoms with Crippen LogP contribution in [0.25, 0.3) is 0 Å². The van der Waals surface area contributed by atoms with Crippen LogP contribution >= 0.6 is 0 Å². The lowest BCUT2D eigenvalue weighted by Crippen LogP contribution is -2.63. The number of aliphatic hydroxyl groups is 1. The molecule has 5 atom stereocenters. The van der Waals surface area contributed by atoms with E-state index in [9.17, 15) is 19.5 Å². The van der Waals surface area contributed by atoms with E-state index in [0.29, 0.717) is 5.75 Å². The Morgan fingerprint density at radius 2 is 1.52 bits per heavy atom. The molecular weight excluding hydrogens is 360 g/mol. The van der Waals surface area contributed by atoms with Crippen molar-refractivity contribution in [1.82, 2.24) is 0 Å². The van der Waals surface area contributed by atoms with Gasteiger partial charge in [0, 0.05) is 20.8 Å². The standard InChI is InChI=1S/C18H22O9/c1-10(19)23-9-14-15(24-11(2)20)16(25-12(3)21)17(18(22)27-14)26-13-7-5-4-6-8-13/h4-8,14-18,22H,9H2,1-3H3/t14?,15-,16-,17?,18-/m0/s1. The van der Waals surface area contributed by atoms with Crippen LogP contribution in [0.3, 0.4) is 0 Å². The summed E-state index contributed by atoms with van der Waals surface area (Å²) in [5.41, 5.74) is 0. The second-order valence-electron chi connectivity index (χ2n) is 5.91. The number of benzene rings is 1. The zero-order chi connectivity index (χ0) is 20.0. The fraction of sp³-hybridized carbons (Fsp3) is 0.500. The third kappa shape index (κ3) is 5.93. The molecule has 9 heteroatoms. The van der Waals surface area contributed by atoms with E-state index in [1.165, 1.54) is 20.8 Å². The molecule has 1 saturated heterocycles. The van der Waals surface area contributed by atoms with Crippen LogP contribution in [-0.2, 0) is 33.3 Å². The van der Waals surface area contributed by atoms with Gasteiger partial charge in [0.2, 0.25) is 0 Å². The van der Waals surface area contributed by atoms with Crippen LogP contribution in [0, 0.1) is 0 Å². The monoisotopic (exact) mass is 382 g/mol. The lowest BCUT2D eigenvalue weighted by molar-refractivity contribution is -0.287. The average molecular weight is 382 g/mol. The van der Waals surface area contributed by atoms with E-state index >= 15 is 0 Å². The second-order valence-corrected chi connectivity index (χ2v) is 5.91. The van der Waals surface area contributed by atoms with Crippen molar-refractivity contribution in [2.75, 3.05) is 6.61 Å². The van der Waals surface area contributed by atoms with Gasteiger partial charge in [-0.1, -0.05) is 18.2 Å². The summed E-state index contributed by atoms with van der Waals surface area (Å²) in [7, 11) is 0. The minimum atomic E-state index is -1.53.